The number of rotatable bonds is 14. The van der Waals surface area contributed by atoms with Crippen molar-refractivity contribution in [1.82, 2.24) is 36.2 Å². The van der Waals surface area contributed by atoms with E-state index >= 15 is 0 Å². The van der Waals surface area contributed by atoms with Crippen molar-refractivity contribution >= 4 is 23.4 Å². The molecule has 3 aliphatic rings. The van der Waals surface area contributed by atoms with Crippen molar-refractivity contribution in [3.05, 3.63) is 81.5 Å². The summed E-state index contributed by atoms with van der Waals surface area (Å²) < 4.78 is 60.9. The Balaban J connectivity index is 1.12. The molecule has 3 atom stereocenters. The molecule has 1 aliphatic carbocycles. The summed E-state index contributed by atoms with van der Waals surface area (Å²) in [6.07, 6.45) is 0.337. The van der Waals surface area contributed by atoms with Crippen LogP contribution in [0, 0.1) is 0 Å². The average Bonchev–Trinajstić information content (AvgIpc) is 3.81. The lowest BCUT2D eigenvalue weighted by atomic mass is 9.85. The highest BCUT2D eigenvalue weighted by atomic mass is 35.5. The second-order valence-corrected chi connectivity index (χ2v) is 14.5. The van der Waals surface area contributed by atoms with Crippen LogP contribution in [-0.4, -0.2) is 66.2 Å². The predicted octanol–water partition coefficient (Wildman–Crippen LogP) is 6.09. The molecule has 4 aromatic rings. The lowest BCUT2D eigenvalue weighted by Gasteiger charge is -2.29. The number of alkyl halides is 3. The van der Waals surface area contributed by atoms with Gasteiger partial charge in [-0.05, 0) is 61.4 Å². The van der Waals surface area contributed by atoms with Crippen molar-refractivity contribution in [3.63, 3.8) is 0 Å². The summed E-state index contributed by atoms with van der Waals surface area (Å²) >= 11 is 7.09. The highest BCUT2D eigenvalue weighted by Gasteiger charge is 2.38. The van der Waals surface area contributed by atoms with Gasteiger partial charge in [-0.3, -0.25) is 14.6 Å². The Morgan fingerprint density at radius 2 is 1.50 bits per heavy atom. The number of ether oxygens (including phenoxy) is 3. The molecule has 296 valence electrons. The first-order valence-electron chi connectivity index (χ1n) is 18.6. The van der Waals surface area contributed by atoms with Gasteiger partial charge in [0, 0.05) is 79.6 Å². The maximum absolute atomic E-state index is 14.5. The zero-order valence-corrected chi connectivity index (χ0v) is 31.8. The van der Waals surface area contributed by atoms with Gasteiger partial charge in [-0.2, -0.15) is 18.2 Å². The van der Waals surface area contributed by atoms with Crippen molar-refractivity contribution in [2.75, 3.05) is 27.3 Å². The molecule has 2 amide bonds. The van der Waals surface area contributed by atoms with E-state index < -0.39 is 23.7 Å². The Labute approximate surface area is 327 Å². The molecule has 4 N–H and O–H groups in total. The van der Waals surface area contributed by atoms with Crippen LogP contribution in [0.1, 0.15) is 72.4 Å². The molecule has 3 aromatic heterocycles. The molecule has 2 aliphatic heterocycles. The Bertz CT molecular complexity index is 2100. The highest BCUT2D eigenvalue weighted by molar-refractivity contribution is 6.35. The summed E-state index contributed by atoms with van der Waals surface area (Å²) in [5.74, 6) is -0.0899. The molecule has 2 fully saturated rings. The molecule has 7 rings (SSSR count). The lowest BCUT2D eigenvalue weighted by molar-refractivity contribution is -0.140. The molecular formula is C40H43ClF3N7O5. The summed E-state index contributed by atoms with van der Waals surface area (Å²) in [6.45, 7) is 1.58. The second kappa shape index (κ2) is 17.0. The average molecular weight is 794 g/mol. The van der Waals surface area contributed by atoms with Gasteiger partial charge in [0.15, 0.2) is 0 Å². The number of nitrogens with one attached hydrogen (secondary N) is 4. The Kier molecular flexibility index (Phi) is 11.9. The highest BCUT2D eigenvalue weighted by Crippen LogP contribution is 2.44. The number of halogens is 4. The van der Waals surface area contributed by atoms with E-state index in [0.29, 0.717) is 86.0 Å². The van der Waals surface area contributed by atoms with Gasteiger partial charge in [0.2, 0.25) is 29.5 Å². The first-order chi connectivity index (χ1) is 27.0. The number of methoxy groups -OCH3 is 2. The first kappa shape index (κ1) is 39.3. The van der Waals surface area contributed by atoms with Gasteiger partial charge in [0.1, 0.15) is 11.7 Å². The Morgan fingerprint density at radius 3 is 2.14 bits per heavy atom. The molecule has 5 heterocycles. The number of nitrogens with zero attached hydrogens (tertiary/aromatic N) is 3. The standard InChI is InChI=1S/C40H43ClF3N7O5/c1-54-37-22(18-45-20-24-10-13-33(52)48-24)9-12-31(50-37)29-15-16-47-36(35(29)41)28-7-3-6-27-26(28)5-4-8-32(27)56-39-30(40(42,43)44)17-23(38(51-39)55-2)19-46-21-25-11-14-34(53)49-25/h3,6-7,9,12,15-17,24-25,32,45-46H,4-5,8,10-11,13-14,18-21H2,1-2H3,(H,48,52)(H,49,53)/t24-,25-,32-/m1/s1. The molecule has 1 aromatic carbocycles. The molecule has 0 bridgehead atoms. The lowest BCUT2D eigenvalue weighted by Crippen LogP contribution is -2.35. The summed E-state index contributed by atoms with van der Waals surface area (Å²) in [5.41, 5.74) is 4.14. The van der Waals surface area contributed by atoms with Crippen LogP contribution < -0.4 is 35.5 Å². The topological polar surface area (TPSA) is 149 Å². The summed E-state index contributed by atoms with van der Waals surface area (Å²) in [4.78, 5) is 36.7. The van der Waals surface area contributed by atoms with Crippen molar-refractivity contribution in [2.24, 2.45) is 0 Å². The van der Waals surface area contributed by atoms with Crippen LogP contribution in [0.2, 0.25) is 5.02 Å². The smallest absolute Gasteiger partial charge is 0.421 e. The summed E-state index contributed by atoms with van der Waals surface area (Å²) in [5, 5.41) is 12.6. The van der Waals surface area contributed by atoms with Crippen molar-refractivity contribution in [1.29, 1.82) is 0 Å². The number of benzene rings is 1. The minimum atomic E-state index is -4.75. The Hall–Kier alpha value is -4.99. The summed E-state index contributed by atoms with van der Waals surface area (Å²) in [6, 6.07) is 12.2. The van der Waals surface area contributed by atoms with Gasteiger partial charge in [0.25, 0.3) is 0 Å². The molecule has 2 saturated heterocycles. The summed E-state index contributed by atoms with van der Waals surface area (Å²) in [7, 11) is 2.90. The van der Waals surface area contributed by atoms with Crippen molar-refractivity contribution < 1.29 is 37.0 Å². The molecule has 0 saturated carbocycles. The van der Waals surface area contributed by atoms with Gasteiger partial charge in [-0.25, -0.2) is 4.98 Å². The van der Waals surface area contributed by atoms with Crippen LogP contribution in [0.15, 0.2) is 48.7 Å². The van der Waals surface area contributed by atoms with Gasteiger partial charge in [-0.15, -0.1) is 0 Å². The monoisotopic (exact) mass is 793 g/mol. The minimum Gasteiger partial charge on any atom is -0.481 e. The molecule has 0 radical (unpaired) electrons. The van der Waals surface area contributed by atoms with Crippen molar-refractivity contribution in [3.8, 4) is 40.2 Å². The fourth-order valence-electron chi connectivity index (χ4n) is 7.59. The van der Waals surface area contributed by atoms with E-state index in [0.717, 1.165) is 34.7 Å². The second-order valence-electron chi connectivity index (χ2n) is 14.1. The van der Waals surface area contributed by atoms with Crippen LogP contribution in [0.4, 0.5) is 13.2 Å². The van der Waals surface area contributed by atoms with E-state index in [4.69, 9.17) is 30.8 Å². The zero-order chi connectivity index (χ0) is 39.4. The van der Waals surface area contributed by atoms with E-state index in [1.165, 1.54) is 7.11 Å². The number of hydrogen-bond donors (Lipinski definition) is 4. The van der Waals surface area contributed by atoms with Crippen LogP contribution in [-0.2, 0) is 35.3 Å². The van der Waals surface area contributed by atoms with Crippen LogP contribution in [0.3, 0.4) is 0 Å². The fraction of sp³-hybridized carbons (Fsp3) is 0.425. The molecule has 16 heteroatoms. The third-order valence-electron chi connectivity index (χ3n) is 10.4. The molecular weight excluding hydrogens is 751 g/mol. The maximum Gasteiger partial charge on any atom is 0.421 e. The number of carbonyl (C=O) groups is 2. The van der Waals surface area contributed by atoms with Crippen LogP contribution >= 0.6 is 11.6 Å². The van der Waals surface area contributed by atoms with Crippen LogP contribution in [0.5, 0.6) is 17.6 Å². The SMILES string of the molecule is COc1nc(-c2ccnc(-c3cccc4c3CCC[C@H]4Oc3nc(OC)c(CNC[C@H]4CCC(=O)N4)cc3C(F)(F)F)c2Cl)ccc1CNC[C@H]1CCC(=O)N1. The van der Waals surface area contributed by atoms with E-state index in [1.807, 2.05) is 30.3 Å². The number of aromatic nitrogens is 3. The van der Waals surface area contributed by atoms with Crippen molar-refractivity contribution in [2.45, 2.75) is 82.4 Å². The predicted molar refractivity (Wildman–Crippen MR) is 202 cm³/mol. The zero-order valence-electron chi connectivity index (χ0n) is 31.0. The normalized spacial score (nSPS) is 19.4. The molecule has 12 nitrogen and oxygen atoms in total. The Morgan fingerprint density at radius 1 is 0.821 bits per heavy atom. The quantitative estimate of drug-likeness (QED) is 0.118. The molecule has 56 heavy (non-hydrogen) atoms. The van der Waals surface area contributed by atoms with E-state index in [9.17, 15) is 22.8 Å². The fourth-order valence-corrected chi connectivity index (χ4v) is 7.90. The van der Waals surface area contributed by atoms with Gasteiger partial charge >= 0.3 is 6.18 Å². The number of amides is 2. The van der Waals surface area contributed by atoms with Crippen LogP contribution in [0.25, 0.3) is 22.5 Å². The number of fused-ring (bicyclic) bond motifs is 1. The van der Waals surface area contributed by atoms with Gasteiger partial charge in [0.05, 0.1) is 30.6 Å². The third kappa shape index (κ3) is 8.69. The number of pyridine rings is 3. The minimum absolute atomic E-state index is 0.0159. The number of hydrogen-bond acceptors (Lipinski definition) is 10. The molecule has 0 spiro atoms. The van der Waals surface area contributed by atoms with Gasteiger partial charge in [-0.1, -0.05) is 35.9 Å². The van der Waals surface area contributed by atoms with Gasteiger partial charge < -0.3 is 35.5 Å². The maximum atomic E-state index is 14.5. The first-order valence-corrected chi connectivity index (χ1v) is 19.0. The van der Waals surface area contributed by atoms with E-state index in [-0.39, 0.29) is 41.9 Å². The molecule has 0 unspecified atom stereocenters. The number of carbonyl (C=O) groups excluding carboxylic acids is 2. The third-order valence-corrected chi connectivity index (χ3v) is 10.7. The van der Waals surface area contributed by atoms with E-state index in [2.05, 4.69) is 31.2 Å². The largest absolute Gasteiger partial charge is 0.481 e. The van der Waals surface area contributed by atoms with E-state index in [1.54, 1.807) is 19.4 Å².